The average molecular weight is 390 g/mol. The lowest BCUT2D eigenvalue weighted by molar-refractivity contribution is -0.136. The molecule has 7 nitrogen and oxygen atoms in total. The highest BCUT2D eigenvalue weighted by atomic mass is 16.5. The summed E-state index contributed by atoms with van der Waals surface area (Å²) in [5, 5.41) is 12.4. The van der Waals surface area contributed by atoms with E-state index in [4.69, 9.17) is 4.74 Å². The molecule has 1 heterocycles. The molecule has 7 heteroatoms. The number of benzene rings is 2. The molecule has 0 bridgehead atoms. The Hall–Kier alpha value is -3.61. The standard InChI is InChI=1S/C22H22N4O3/c1-14-2-7-18(8-3-14)29-19-9-4-16(5-10-19)24-21(27)22(28)25-17-6-11-20-15(12-17)13-23-26-20/h2-5,7-10,13,17H,6,11-12H2,1H3,(H,23,26)(H,24,27)(H,25,28). The van der Waals surface area contributed by atoms with Gasteiger partial charge in [-0.25, -0.2) is 0 Å². The van der Waals surface area contributed by atoms with Gasteiger partial charge in [0.1, 0.15) is 11.5 Å². The number of carbonyl (C=O) groups excluding carboxylic acids is 2. The fourth-order valence-electron chi connectivity index (χ4n) is 3.33. The zero-order valence-electron chi connectivity index (χ0n) is 16.1. The summed E-state index contributed by atoms with van der Waals surface area (Å²) < 4.78 is 5.76. The first-order valence-electron chi connectivity index (χ1n) is 9.54. The van der Waals surface area contributed by atoms with Crippen LogP contribution in [0.15, 0.2) is 54.7 Å². The fourth-order valence-corrected chi connectivity index (χ4v) is 3.33. The SMILES string of the molecule is Cc1ccc(Oc2ccc(NC(=O)C(=O)NC3CCc4[nH]ncc4C3)cc2)cc1. The molecule has 1 unspecified atom stereocenters. The summed E-state index contributed by atoms with van der Waals surface area (Å²) in [6.45, 7) is 2.01. The molecule has 3 N–H and O–H groups in total. The number of nitrogens with zero attached hydrogens (tertiary/aromatic N) is 1. The van der Waals surface area contributed by atoms with Crippen molar-refractivity contribution in [1.82, 2.24) is 15.5 Å². The molecule has 0 radical (unpaired) electrons. The van der Waals surface area contributed by atoms with Crippen molar-refractivity contribution in [2.45, 2.75) is 32.2 Å². The minimum absolute atomic E-state index is 0.0661. The van der Waals surface area contributed by atoms with E-state index in [2.05, 4.69) is 20.8 Å². The number of fused-ring (bicyclic) bond motifs is 1. The van der Waals surface area contributed by atoms with Crippen molar-refractivity contribution in [2.24, 2.45) is 0 Å². The van der Waals surface area contributed by atoms with E-state index in [1.54, 1.807) is 30.5 Å². The highest BCUT2D eigenvalue weighted by molar-refractivity contribution is 6.39. The molecule has 0 fully saturated rings. The zero-order valence-corrected chi connectivity index (χ0v) is 16.1. The van der Waals surface area contributed by atoms with E-state index in [-0.39, 0.29) is 6.04 Å². The first kappa shape index (κ1) is 18.7. The van der Waals surface area contributed by atoms with Crippen molar-refractivity contribution >= 4 is 17.5 Å². The number of H-pyrrole nitrogens is 1. The summed E-state index contributed by atoms with van der Waals surface area (Å²) in [4.78, 5) is 24.4. The Labute approximate surface area is 168 Å². The molecule has 4 rings (SSSR count). The summed E-state index contributed by atoms with van der Waals surface area (Å²) in [6.07, 6.45) is 4.04. The van der Waals surface area contributed by atoms with Crippen LogP contribution in [-0.4, -0.2) is 28.1 Å². The normalized spacial score (nSPS) is 15.3. The average Bonchev–Trinajstić information content (AvgIpc) is 3.19. The summed E-state index contributed by atoms with van der Waals surface area (Å²) in [7, 11) is 0. The van der Waals surface area contributed by atoms with Gasteiger partial charge in [0.15, 0.2) is 0 Å². The minimum Gasteiger partial charge on any atom is -0.457 e. The van der Waals surface area contributed by atoms with E-state index in [9.17, 15) is 9.59 Å². The van der Waals surface area contributed by atoms with Gasteiger partial charge in [-0.2, -0.15) is 5.10 Å². The Morgan fingerprint density at radius 3 is 2.45 bits per heavy atom. The van der Waals surface area contributed by atoms with Gasteiger partial charge in [-0.15, -0.1) is 0 Å². The Balaban J connectivity index is 1.30. The first-order chi connectivity index (χ1) is 14.1. The Morgan fingerprint density at radius 1 is 1.03 bits per heavy atom. The molecule has 29 heavy (non-hydrogen) atoms. The molecular weight excluding hydrogens is 368 g/mol. The maximum Gasteiger partial charge on any atom is 0.313 e. The van der Waals surface area contributed by atoms with Crippen molar-refractivity contribution in [2.75, 3.05) is 5.32 Å². The number of amides is 2. The zero-order chi connectivity index (χ0) is 20.2. The number of rotatable bonds is 4. The molecule has 1 aliphatic rings. The van der Waals surface area contributed by atoms with Crippen LogP contribution in [0, 0.1) is 6.92 Å². The summed E-state index contributed by atoms with van der Waals surface area (Å²) in [5.74, 6) is 0.0616. The molecule has 1 atom stereocenters. The van der Waals surface area contributed by atoms with Crippen molar-refractivity contribution in [1.29, 1.82) is 0 Å². The number of nitrogens with one attached hydrogen (secondary N) is 3. The Morgan fingerprint density at radius 2 is 1.72 bits per heavy atom. The molecule has 0 saturated carbocycles. The van der Waals surface area contributed by atoms with Gasteiger partial charge < -0.3 is 15.4 Å². The van der Waals surface area contributed by atoms with Gasteiger partial charge >= 0.3 is 11.8 Å². The third-order valence-corrected chi connectivity index (χ3v) is 4.93. The number of hydrogen-bond acceptors (Lipinski definition) is 4. The second kappa shape index (κ2) is 8.18. The van der Waals surface area contributed by atoms with Crippen LogP contribution in [0.3, 0.4) is 0 Å². The lowest BCUT2D eigenvalue weighted by Gasteiger charge is -2.22. The van der Waals surface area contributed by atoms with Gasteiger partial charge in [0, 0.05) is 17.4 Å². The van der Waals surface area contributed by atoms with Crippen LogP contribution in [0.5, 0.6) is 11.5 Å². The molecule has 2 amide bonds. The molecule has 2 aromatic carbocycles. The number of aryl methyl sites for hydroxylation is 2. The smallest absolute Gasteiger partial charge is 0.313 e. The molecular formula is C22H22N4O3. The lowest BCUT2D eigenvalue weighted by Crippen LogP contribution is -2.44. The highest BCUT2D eigenvalue weighted by Crippen LogP contribution is 2.23. The van der Waals surface area contributed by atoms with Crippen molar-refractivity contribution in [3.63, 3.8) is 0 Å². The Kier molecular flexibility index (Phi) is 5.29. The van der Waals surface area contributed by atoms with E-state index in [1.807, 2.05) is 31.2 Å². The summed E-state index contributed by atoms with van der Waals surface area (Å²) >= 11 is 0. The summed E-state index contributed by atoms with van der Waals surface area (Å²) in [6, 6.07) is 14.6. The molecule has 3 aromatic rings. The molecule has 148 valence electrons. The van der Waals surface area contributed by atoms with Crippen LogP contribution in [0.4, 0.5) is 5.69 Å². The minimum atomic E-state index is -0.685. The van der Waals surface area contributed by atoms with E-state index >= 15 is 0 Å². The van der Waals surface area contributed by atoms with Crippen LogP contribution in [-0.2, 0) is 22.4 Å². The monoisotopic (exact) mass is 390 g/mol. The predicted molar refractivity (Wildman–Crippen MR) is 109 cm³/mol. The second-order valence-electron chi connectivity index (χ2n) is 7.18. The number of ether oxygens (including phenoxy) is 1. The number of carbonyl (C=O) groups is 2. The van der Waals surface area contributed by atoms with E-state index in [0.717, 1.165) is 35.4 Å². The van der Waals surface area contributed by atoms with E-state index in [1.165, 1.54) is 0 Å². The number of aromatic nitrogens is 2. The van der Waals surface area contributed by atoms with Gasteiger partial charge in [0.25, 0.3) is 0 Å². The summed E-state index contributed by atoms with van der Waals surface area (Å²) in [5.41, 5.74) is 3.88. The largest absolute Gasteiger partial charge is 0.457 e. The highest BCUT2D eigenvalue weighted by Gasteiger charge is 2.24. The maximum absolute atomic E-state index is 12.2. The van der Waals surface area contributed by atoms with Crippen LogP contribution < -0.4 is 15.4 Å². The fraction of sp³-hybridized carbons (Fsp3) is 0.227. The van der Waals surface area contributed by atoms with Gasteiger partial charge in [-0.3, -0.25) is 14.7 Å². The number of hydrogen-bond donors (Lipinski definition) is 3. The number of aromatic amines is 1. The second-order valence-corrected chi connectivity index (χ2v) is 7.18. The molecule has 1 aliphatic carbocycles. The predicted octanol–water partition coefficient (Wildman–Crippen LogP) is 3.12. The molecule has 0 aliphatic heterocycles. The number of anilines is 1. The molecule has 0 saturated heterocycles. The third kappa shape index (κ3) is 4.63. The van der Waals surface area contributed by atoms with Crippen molar-refractivity contribution in [3.8, 4) is 11.5 Å². The topological polar surface area (TPSA) is 96.1 Å². The quantitative estimate of drug-likeness (QED) is 0.597. The Bertz CT molecular complexity index is 1010. The van der Waals surface area contributed by atoms with Crippen LogP contribution >= 0.6 is 0 Å². The van der Waals surface area contributed by atoms with Crippen LogP contribution in [0.2, 0.25) is 0 Å². The van der Waals surface area contributed by atoms with E-state index in [0.29, 0.717) is 17.9 Å². The van der Waals surface area contributed by atoms with Gasteiger partial charge in [0.2, 0.25) is 0 Å². The van der Waals surface area contributed by atoms with Gasteiger partial charge in [-0.1, -0.05) is 17.7 Å². The van der Waals surface area contributed by atoms with Crippen molar-refractivity contribution < 1.29 is 14.3 Å². The lowest BCUT2D eigenvalue weighted by atomic mass is 9.93. The van der Waals surface area contributed by atoms with Crippen LogP contribution in [0.25, 0.3) is 0 Å². The molecule has 0 spiro atoms. The van der Waals surface area contributed by atoms with Crippen molar-refractivity contribution in [3.05, 3.63) is 71.5 Å². The molecule has 1 aromatic heterocycles. The van der Waals surface area contributed by atoms with Gasteiger partial charge in [0.05, 0.1) is 6.20 Å². The van der Waals surface area contributed by atoms with Crippen LogP contribution in [0.1, 0.15) is 23.2 Å². The first-order valence-corrected chi connectivity index (χ1v) is 9.54. The van der Waals surface area contributed by atoms with Gasteiger partial charge in [-0.05, 0) is 68.1 Å². The third-order valence-electron chi connectivity index (χ3n) is 4.93. The maximum atomic E-state index is 12.2. The van der Waals surface area contributed by atoms with E-state index < -0.39 is 11.8 Å².